The molecule has 24 heavy (non-hydrogen) atoms. The van der Waals surface area contributed by atoms with Crippen LogP contribution in [0.5, 0.6) is 5.75 Å². The highest BCUT2D eigenvalue weighted by atomic mass is 32.1. The largest absolute Gasteiger partial charge is 0.497 e. The van der Waals surface area contributed by atoms with Crippen LogP contribution in [0.25, 0.3) is 0 Å². The van der Waals surface area contributed by atoms with E-state index in [2.05, 4.69) is 10.6 Å². The molecule has 2 rings (SSSR count). The minimum absolute atomic E-state index is 0.189. The van der Waals surface area contributed by atoms with Crippen molar-refractivity contribution >= 4 is 23.2 Å². The van der Waals surface area contributed by atoms with E-state index >= 15 is 0 Å². The highest BCUT2D eigenvalue weighted by Gasteiger charge is 2.17. The summed E-state index contributed by atoms with van der Waals surface area (Å²) in [5.41, 5.74) is 1.82. The van der Waals surface area contributed by atoms with Crippen LogP contribution in [0.15, 0.2) is 41.1 Å². The molecule has 0 fully saturated rings. The maximum Gasteiger partial charge on any atom is 0.309 e. The SMILES string of the molecule is COc1cccc(C(CNC(=O)C(=O)NCc2ccsc2)OC)c1. The van der Waals surface area contributed by atoms with Crippen molar-refractivity contribution in [1.29, 1.82) is 0 Å². The number of amides is 2. The summed E-state index contributed by atoms with van der Waals surface area (Å²) in [5, 5.41) is 9.00. The van der Waals surface area contributed by atoms with Crippen LogP contribution in [0.1, 0.15) is 17.2 Å². The van der Waals surface area contributed by atoms with Crippen molar-refractivity contribution in [3.63, 3.8) is 0 Å². The number of carbonyl (C=O) groups excluding carboxylic acids is 2. The average molecular weight is 348 g/mol. The summed E-state index contributed by atoms with van der Waals surface area (Å²) >= 11 is 1.54. The Kier molecular flexibility index (Phi) is 6.77. The lowest BCUT2D eigenvalue weighted by molar-refractivity contribution is -0.139. The molecule has 0 aliphatic rings. The van der Waals surface area contributed by atoms with Crippen LogP contribution < -0.4 is 15.4 Å². The Morgan fingerprint density at radius 2 is 1.96 bits per heavy atom. The zero-order valence-corrected chi connectivity index (χ0v) is 14.4. The first-order chi connectivity index (χ1) is 11.6. The average Bonchev–Trinajstić information content (AvgIpc) is 3.13. The number of rotatable bonds is 7. The normalized spacial score (nSPS) is 11.6. The third-order valence-corrected chi connectivity index (χ3v) is 4.17. The van der Waals surface area contributed by atoms with E-state index in [-0.39, 0.29) is 12.6 Å². The summed E-state index contributed by atoms with van der Waals surface area (Å²) in [6.07, 6.45) is -0.367. The smallest absolute Gasteiger partial charge is 0.309 e. The predicted octanol–water partition coefficient (Wildman–Crippen LogP) is 1.88. The van der Waals surface area contributed by atoms with Crippen molar-refractivity contribution in [3.8, 4) is 5.75 Å². The molecule has 0 radical (unpaired) electrons. The molecule has 2 aromatic rings. The van der Waals surface area contributed by atoms with Crippen molar-refractivity contribution in [2.75, 3.05) is 20.8 Å². The van der Waals surface area contributed by atoms with E-state index in [0.29, 0.717) is 12.3 Å². The molecular formula is C17H20N2O4S. The van der Waals surface area contributed by atoms with Crippen molar-refractivity contribution in [2.24, 2.45) is 0 Å². The number of methoxy groups -OCH3 is 2. The number of carbonyl (C=O) groups is 2. The molecular weight excluding hydrogens is 328 g/mol. The summed E-state index contributed by atoms with van der Waals surface area (Å²) in [6, 6.07) is 9.27. The van der Waals surface area contributed by atoms with Gasteiger partial charge in [-0.25, -0.2) is 0 Å². The molecule has 128 valence electrons. The van der Waals surface area contributed by atoms with Gasteiger partial charge in [-0.1, -0.05) is 12.1 Å². The van der Waals surface area contributed by atoms with Crippen LogP contribution in [0.2, 0.25) is 0 Å². The zero-order valence-electron chi connectivity index (χ0n) is 13.6. The van der Waals surface area contributed by atoms with E-state index in [1.807, 2.05) is 41.1 Å². The second-order valence-corrected chi connectivity index (χ2v) is 5.81. The Labute approximate surface area is 144 Å². The maximum atomic E-state index is 11.9. The number of nitrogens with one attached hydrogen (secondary N) is 2. The topological polar surface area (TPSA) is 76.7 Å². The van der Waals surface area contributed by atoms with Gasteiger partial charge in [-0.2, -0.15) is 11.3 Å². The number of hydrogen-bond donors (Lipinski definition) is 2. The Morgan fingerprint density at radius 1 is 1.17 bits per heavy atom. The van der Waals surface area contributed by atoms with Crippen LogP contribution in [0, 0.1) is 0 Å². The van der Waals surface area contributed by atoms with E-state index < -0.39 is 11.8 Å². The van der Waals surface area contributed by atoms with Gasteiger partial charge in [0.25, 0.3) is 0 Å². The van der Waals surface area contributed by atoms with Gasteiger partial charge in [0.15, 0.2) is 0 Å². The summed E-state index contributed by atoms with van der Waals surface area (Å²) in [5.74, 6) is -0.647. The van der Waals surface area contributed by atoms with Gasteiger partial charge >= 0.3 is 11.8 Å². The van der Waals surface area contributed by atoms with E-state index in [0.717, 1.165) is 11.1 Å². The zero-order chi connectivity index (χ0) is 17.4. The summed E-state index contributed by atoms with van der Waals surface area (Å²) in [7, 11) is 3.13. The van der Waals surface area contributed by atoms with Gasteiger partial charge < -0.3 is 20.1 Å². The van der Waals surface area contributed by atoms with Crippen molar-refractivity contribution in [1.82, 2.24) is 10.6 Å². The monoisotopic (exact) mass is 348 g/mol. The molecule has 1 heterocycles. The second-order valence-electron chi connectivity index (χ2n) is 5.03. The molecule has 1 unspecified atom stereocenters. The van der Waals surface area contributed by atoms with Gasteiger partial charge in [-0.05, 0) is 40.1 Å². The first-order valence-electron chi connectivity index (χ1n) is 7.38. The third kappa shape index (κ3) is 5.07. The molecule has 1 atom stereocenters. The summed E-state index contributed by atoms with van der Waals surface area (Å²) in [4.78, 5) is 23.7. The molecule has 2 amide bonds. The first-order valence-corrected chi connectivity index (χ1v) is 8.32. The molecule has 0 saturated carbocycles. The summed E-state index contributed by atoms with van der Waals surface area (Å²) < 4.78 is 10.6. The van der Waals surface area contributed by atoms with Gasteiger partial charge in [0.1, 0.15) is 5.75 Å². The highest BCUT2D eigenvalue weighted by Crippen LogP contribution is 2.20. The van der Waals surface area contributed by atoms with E-state index in [4.69, 9.17) is 9.47 Å². The van der Waals surface area contributed by atoms with Crippen molar-refractivity contribution in [2.45, 2.75) is 12.6 Å². The second kappa shape index (κ2) is 9.05. The van der Waals surface area contributed by atoms with Gasteiger partial charge in [0, 0.05) is 20.2 Å². The molecule has 6 nitrogen and oxygen atoms in total. The third-order valence-electron chi connectivity index (χ3n) is 3.44. The minimum Gasteiger partial charge on any atom is -0.497 e. The lowest BCUT2D eigenvalue weighted by atomic mass is 10.1. The van der Waals surface area contributed by atoms with Crippen molar-refractivity contribution < 1.29 is 19.1 Å². The van der Waals surface area contributed by atoms with Crippen LogP contribution >= 0.6 is 11.3 Å². The standard InChI is InChI=1S/C17H20N2O4S/c1-22-14-5-3-4-13(8-14)15(23-2)10-19-17(21)16(20)18-9-12-6-7-24-11-12/h3-8,11,15H,9-10H2,1-2H3,(H,18,20)(H,19,21). The van der Waals surface area contributed by atoms with Gasteiger partial charge in [-0.3, -0.25) is 9.59 Å². The number of benzene rings is 1. The maximum absolute atomic E-state index is 11.9. The fraction of sp³-hybridized carbons (Fsp3) is 0.294. The summed E-state index contributed by atoms with van der Waals surface area (Å²) in [6.45, 7) is 0.522. The molecule has 0 saturated heterocycles. The molecule has 7 heteroatoms. The Hall–Kier alpha value is -2.38. The lowest BCUT2D eigenvalue weighted by Crippen LogP contribution is -2.41. The van der Waals surface area contributed by atoms with E-state index in [1.54, 1.807) is 14.2 Å². The number of ether oxygens (including phenoxy) is 2. The molecule has 1 aromatic carbocycles. The molecule has 0 aliphatic carbocycles. The number of thiophene rings is 1. The Bertz CT molecular complexity index is 673. The fourth-order valence-corrected chi connectivity index (χ4v) is 2.77. The molecule has 0 aliphatic heterocycles. The first kappa shape index (κ1) is 18.0. The van der Waals surface area contributed by atoms with Crippen LogP contribution in [0.4, 0.5) is 0 Å². The molecule has 1 aromatic heterocycles. The minimum atomic E-state index is -0.685. The predicted molar refractivity (Wildman–Crippen MR) is 91.9 cm³/mol. The van der Waals surface area contributed by atoms with Gasteiger partial charge in [0.2, 0.25) is 0 Å². The Balaban J connectivity index is 1.85. The van der Waals surface area contributed by atoms with Crippen molar-refractivity contribution in [3.05, 3.63) is 52.2 Å². The molecule has 2 N–H and O–H groups in total. The van der Waals surface area contributed by atoms with Gasteiger partial charge in [0.05, 0.1) is 13.2 Å². The van der Waals surface area contributed by atoms with E-state index in [1.165, 1.54) is 11.3 Å². The Morgan fingerprint density at radius 3 is 2.62 bits per heavy atom. The quantitative estimate of drug-likeness (QED) is 0.749. The van der Waals surface area contributed by atoms with Crippen LogP contribution in [-0.4, -0.2) is 32.6 Å². The molecule has 0 spiro atoms. The van der Waals surface area contributed by atoms with Gasteiger partial charge in [-0.15, -0.1) is 0 Å². The van der Waals surface area contributed by atoms with E-state index in [9.17, 15) is 9.59 Å². The van der Waals surface area contributed by atoms with Crippen LogP contribution in [-0.2, 0) is 20.9 Å². The fourth-order valence-electron chi connectivity index (χ4n) is 2.10. The highest BCUT2D eigenvalue weighted by molar-refractivity contribution is 7.07. The van der Waals surface area contributed by atoms with Crippen LogP contribution in [0.3, 0.4) is 0 Å². The lowest BCUT2D eigenvalue weighted by Gasteiger charge is -2.17. The molecule has 0 bridgehead atoms. The number of hydrogen-bond acceptors (Lipinski definition) is 5.